The highest BCUT2D eigenvalue weighted by atomic mass is 16.6. The van der Waals surface area contributed by atoms with Gasteiger partial charge in [0.25, 0.3) is 5.91 Å². The summed E-state index contributed by atoms with van der Waals surface area (Å²) < 4.78 is 5.23. The monoisotopic (exact) mass is 625 g/mol. The standard InChI is InChI=1S/C35H43N7O4/c1-34(2,3)46-33(45)38-22-11-10-21-37-31(43)20-23-42(28-12-6-5-7-13-28)32(44)35(25-39-27-18-16-26(24-36)17-19-27)40-29-14-8-9-15-30(29)41(35)4/h5-9,12-19,39-40H,10-11,20-23,25H2,1-4H3,(H,37,43)(H,38,45). The van der Waals surface area contributed by atoms with Gasteiger partial charge in [-0.05, 0) is 82.1 Å². The number of nitrogens with one attached hydrogen (secondary N) is 4. The van der Waals surface area contributed by atoms with Crippen LogP contribution in [0, 0.1) is 11.3 Å². The van der Waals surface area contributed by atoms with Crippen LogP contribution in [-0.4, -0.2) is 62.4 Å². The van der Waals surface area contributed by atoms with Crippen LogP contribution < -0.4 is 31.1 Å². The highest BCUT2D eigenvalue weighted by Crippen LogP contribution is 2.40. The first kappa shape index (κ1) is 33.6. The van der Waals surface area contributed by atoms with Gasteiger partial charge in [-0.15, -0.1) is 0 Å². The Morgan fingerprint density at radius 1 is 0.935 bits per heavy atom. The molecule has 11 nitrogen and oxygen atoms in total. The van der Waals surface area contributed by atoms with E-state index in [1.54, 1.807) is 17.0 Å². The molecule has 0 spiro atoms. The van der Waals surface area contributed by atoms with Gasteiger partial charge in [-0.2, -0.15) is 5.26 Å². The van der Waals surface area contributed by atoms with Crippen LogP contribution in [0.25, 0.3) is 0 Å². The number of likely N-dealkylation sites (N-methyl/N-ethyl adjacent to an activating group) is 1. The van der Waals surface area contributed by atoms with E-state index >= 15 is 0 Å². The number of rotatable bonds is 13. The van der Waals surface area contributed by atoms with E-state index in [-0.39, 0.29) is 31.3 Å². The van der Waals surface area contributed by atoms with Crippen molar-refractivity contribution in [1.82, 2.24) is 10.6 Å². The first-order valence-electron chi connectivity index (χ1n) is 15.5. The largest absolute Gasteiger partial charge is 0.444 e. The zero-order valence-electron chi connectivity index (χ0n) is 26.9. The smallest absolute Gasteiger partial charge is 0.407 e. The minimum Gasteiger partial charge on any atom is -0.444 e. The van der Waals surface area contributed by atoms with E-state index in [1.807, 2.05) is 99.4 Å². The summed E-state index contributed by atoms with van der Waals surface area (Å²) in [5, 5.41) is 21.7. The Labute approximate surface area is 270 Å². The minimum atomic E-state index is -1.22. The van der Waals surface area contributed by atoms with Gasteiger partial charge in [-0.1, -0.05) is 30.3 Å². The van der Waals surface area contributed by atoms with Crippen molar-refractivity contribution in [3.63, 3.8) is 0 Å². The van der Waals surface area contributed by atoms with Gasteiger partial charge in [-0.3, -0.25) is 9.59 Å². The Kier molecular flexibility index (Phi) is 11.1. The average Bonchev–Trinajstić information content (AvgIpc) is 3.33. The molecule has 3 amide bonds. The normalized spacial score (nSPS) is 15.2. The molecule has 242 valence electrons. The lowest BCUT2D eigenvalue weighted by Gasteiger charge is -2.40. The second-order valence-electron chi connectivity index (χ2n) is 12.1. The molecule has 1 aliphatic heterocycles. The van der Waals surface area contributed by atoms with E-state index in [0.717, 1.165) is 17.1 Å². The molecule has 3 aromatic rings. The highest BCUT2D eigenvalue weighted by Gasteiger charge is 2.50. The number of carbonyl (C=O) groups excluding carboxylic acids is 3. The number of unbranched alkanes of at least 4 members (excludes halogenated alkanes) is 1. The number of benzene rings is 3. The second kappa shape index (κ2) is 15.2. The molecule has 1 unspecified atom stereocenters. The molecular formula is C35H43N7O4. The Bertz CT molecular complexity index is 1530. The Hall–Kier alpha value is -5.24. The van der Waals surface area contributed by atoms with Gasteiger partial charge in [0.1, 0.15) is 5.60 Å². The number of nitrogens with zero attached hydrogens (tertiary/aromatic N) is 3. The molecule has 1 atom stereocenters. The lowest BCUT2D eigenvalue weighted by atomic mass is 10.1. The lowest BCUT2D eigenvalue weighted by molar-refractivity contribution is -0.122. The summed E-state index contributed by atoms with van der Waals surface area (Å²) in [6, 6.07) is 26.3. The summed E-state index contributed by atoms with van der Waals surface area (Å²) in [7, 11) is 1.88. The van der Waals surface area contributed by atoms with Gasteiger partial charge >= 0.3 is 6.09 Å². The fourth-order valence-electron chi connectivity index (χ4n) is 5.18. The molecular weight excluding hydrogens is 582 g/mol. The highest BCUT2D eigenvalue weighted by molar-refractivity contribution is 6.07. The summed E-state index contributed by atoms with van der Waals surface area (Å²) in [6.07, 6.45) is 1.01. The molecule has 1 heterocycles. The van der Waals surface area contributed by atoms with Crippen LogP contribution in [0.1, 0.15) is 45.6 Å². The maximum atomic E-state index is 14.7. The molecule has 0 fully saturated rings. The van der Waals surface area contributed by atoms with Crippen molar-refractivity contribution in [3.05, 3.63) is 84.4 Å². The quantitative estimate of drug-likeness (QED) is 0.193. The molecule has 0 radical (unpaired) electrons. The first-order chi connectivity index (χ1) is 22.0. The number of anilines is 4. The van der Waals surface area contributed by atoms with Crippen LogP contribution in [0.4, 0.5) is 27.5 Å². The summed E-state index contributed by atoms with van der Waals surface area (Å²) in [5.41, 5.74) is 1.93. The van der Waals surface area contributed by atoms with Gasteiger partial charge in [-0.25, -0.2) is 4.79 Å². The SMILES string of the molecule is CN1c2ccccc2NC1(CNc1ccc(C#N)cc1)C(=O)N(CCC(=O)NCCCCNC(=O)OC(C)(C)C)c1ccccc1. The third kappa shape index (κ3) is 8.69. The van der Waals surface area contributed by atoms with Gasteiger partial charge in [0, 0.05) is 44.5 Å². The van der Waals surface area contributed by atoms with Crippen molar-refractivity contribution in [1.29, 1.82) is 5.26 Å². The molecule has 1 aliphatic rings. The molecule has 0 saturated heterocycles. The zero-order valence-corrected chi connectivity index (χ0v) is 26.9. The topological polar surface area (TPSA) is 139 Å². The van der Waals surface area contributed by atoms with Crippen LogP contribution in [0.15, 0.2) is 78.9 Å². The fourth-order valence-corrected chi connectivity index (χ4v) is 5.18. The van der Waals surface area contributed by atoms with Crippen molar-refractivity contribution in [2.75, 3.05) is 53.7 Å². The molecule has 0 saturated carbocycles. The minimum absolute atomic E-state index is 0.104. The van der Waals surface area contributed by atoms with Crippen LogP contribution in [0.2, 0.25) is 0 Å². The molecule has 0 aromatic heterocycles. The summed E-state index contributed by atoms with van der Waals surface area (Å²) in [5.74, 6) is -0.394. The lowest BCUT2D eigenvalue weighted by Crippen LogP contribution is -2.65. The molecule has 46 heavy (non-hydrogen) atoms. The number of fused-ring (bicyclic) bond motifs is 1. The molecule has 3 aromatic carbocycles. The fraction of sp³-hybridized carbons (Fsp3) is 0.371. The van der Waals surface area contributed by atoms with Crippen LogP contribution in [0.5, 0.6) is 0 Å². The van der Waals surface area contributed by atoms with Gasteiger partial charge in [0.05, 0.1) is 29.6 Å². The number of alkyl carbamates (subject to hydrolysis) is 1. The van der Waals surface area contributed by atoms with Crippen molar-refractivity contribution in [2.24, 2.45) is 0 Å². The molecule has 11 heteroatoms. The second-order valence-corrected chi connectivity index (χ2v) is 12.1. The average molecular weight is 626 g/mol. The first-order valence-corrected chi connectivity index (χ1v) is 15.5. The zero-order chi connectivity index (χ0) is 33.2. The van der Waals surface area contributed by atoms with Gasteiger partial charge < -0.3 is 35.8 Å². The van der Waals surface area contributed by atoms with Crippen LogP contribution in [0.3, 0.4) is 0 Å². The van der Waals surface area contributed by atoms with Gasteiger partial charge in [0.2, 0.25) is 11.6 Å². The number of hydrogen-bond donors (Lipinski definition) is 4. The number of para-hydroxylation sites is 3. The Morgan fingerprint density at radius 2 is 1.59 bits per heavy atom. The predicted molar refractivity (Wildman–Crippen MR) is 181 cm³/mol. The van der Waals surface area contributed by atoms with E-state index < -0.39 is 17.4 Å². The number of nitriles is 1. The van der Waals surface area contributed by atoms with Crippen molar-refractivity contribution in [2.45, 2.75) is 51.3 Å². The van der Waals surface area contributed by atoms with E-state index in [0.29, 0.717) is 37.2 Å². The van der Waals surface area contributed by atoms with E-state index in [4.69, 9.17) is 4.74 Å². The van der Waals surface area contributed by atoms with Crippen LogP contribution >= 0.6 is 0 Å². The maximum Gasteiger partial charge on any atom is 0.407 e. The molecule has 4 rings (SSSR count). The molecule has 0 bridgehead atoms. The number of hydrogen-bond acceptors (Lipinski definition) is 8. The number of carbonyl (C=O) groups is 3. The van der Waals surface area contributed by atoms with Crippen molar-refractivity contribution < 1.29 is 19.1 Å². The summed E-state index contributed by atoms with van der Waals surface area (Å²) >= 11 is 0. The Balaban J connectivity index is 1.43. The van der Waals surface area contributed by atoms with Crippen molar-refractivity contribution in [3.8, 4) is 6.07 Å². The third-order valence-corrected chi connectivity index (χ3v) is 7.57. The number of amides is 3. The van der Waals surface area contributed by atoms with E-state index in [9.17, 15) is 19.6 Å². The molecule has 0 aliphatic carbocycles. The third-order valence-electron chi connectivity index (χ3n) is 7.57. The van der Waals surface area contributed by atoms with Gasteiger partial charge in [0.15, 0.2) is 0 Å². The van der Waals surface area contributed by atoms with Crippen LogP contribution in [-0.2, 0) is 14.3 Å². The Morgan fingerprint density at radius 3 is 2.24 bits per heavy atom. The van der Waals surface area contributed by atoms with E-state index in [1.165, 1.54) is 0 Å². The van der Waals surface area contributed by atoms with Crippen molar-refractivity contribution >= 4 is 40.7 Å². The summed E-state index contributed by atoms with van der Waals surface area (Å²) in [4.78, 5) is 43.0. The maximum absolute atomic E-state index is 14.7. The predicted octanol–water partition coefficient (Wildman–Crippen LogP) is 5.07. The summed E-state index contributed by atoms with van der Waals surface area (Å²) in [6.45, 7) is 6.70. The number of ether oxygens (including phenoxy) is 1. The molecule has 4 N–H and O–H groups in total. The van der Waals surface area contributed by atoms with E-state index in [2.05, 4.69) is 27.3 Å².